The summed E-state index contributed by atoms with van der Waals surface area (Å²) in [6.07, 6.45) is 1.88. The molecule has 0 rings (SSSR count). The van der Waals surface area contributed by atoms with Crippen LogP contribution < -0.4 is 11.1 Å². The van der Waals surface area contributed by atoms with Crippen LogP contribution in [-0.4, -0.2) is 32.1 Å². The minimum Gasteiger partial charge on any atom is -0.469 e. The molecule has 0 spiro atoms. The Hall–Kier alpha value is -1.10. The summed E-state index contributed by atoms with van der Waals surface area (Å²) in [4.78, 5) is 21.3. The van der Waals surface area contributed by atoms with E-state index in [0.717, 1.165) is 12.8 Å². The van der Waals surface area contributed by atoms with E-state index in [0.29, 0.717) is 13.0 Å². The number of nitrogens with one attached hydrogen (secondary N) is 1. The SMILES string of the molecule is COC(=O)CCCCNC(=O)CN. The lowest BCUT2D eigenvalue weighted by molar-refractivity contribution is -0.140. The topological polar surface area (TPSA) is 81.4 Å². The summed E-state index contributed by atoms with van der Waals surface area (Å²) in [5.41, 5.74) is 5.07. The van der Waals surface area contributed by atoms with Gasteiger partial charge in [-0.1, -0.05) is 0 Å². The minimum absolute atomic E-state index is 0.0109. The summed E-state index contributed by atoms with van der Waals surface area (Å²) in [5, 5.41) is 2.61. The van der Waals surface area contributed by atoms with E-state index >= 15 is 0 Å². The lowest BCUT2D eigenvalue weighted by Crippen LogP contribution is -2.30. The van der Waals surface area contributed by atoms with Gasteiger partial charge in [-0.3, -0.25) is 9.59 Å². The maximum absolute atomic E-state index is 10.6. The number of methoxy groups -OCH3 is 1. The molecule has 0 atom stereocenters. The number of ether oxygens (including phenoxy) is 1. The van der Waals surface area contributed by atoms with Crippen LogP contribution in [0.1, 0.15) is 19.3 Å². The van der Waals surface area contributed by atoms with E-state index in [1.807, 2.05) is 0 Å². The highest BCUT2D eigenvalue weighted by Crippen LogP contribution is 1.95. The van der Waals surface area contributed by atoms with Crippen molar-refractivity contribution in [3.8, 4) is 0 Å². The number of rotatable bonds is 6. The van der Waals surface area contributed by atoms with Gasteiger partial charge in [-0.25, -0.2) is 0 Å². The van der Waals surface area contributed by atoms with E-state index in [1.165, 1.54) is 7.11 Å². The summed E-state index contributed by atoms with van der Waals surface area (Å²) in [6, 6.07) is 0. The first kappa shape index (κ1) is 11.9. The van der Waals surface area contributed by atoms with Crippen LogP contribution in [0.3, 0.4) is 0 Å². The fourth-order valence-corrected chi connectivity index (χ4v) is 0.796. The number of nitrogens with two attached hydrogens (primary N) is 1. The van der Waals surface area contributed by atoms with Crippen LogP contribution in [0.4, 0.5) is 0 Å². The Morgan fingerprint density at radius 3 is 2.62 bits per heavy atom. The Kier molecular flexibility index (Phi) is 6.91. The van der Waals surface area contributed by atoms with E-state index in [-0.39, 0.29) is 18.4 Å². The van der Waals surface area contributed by atoms with Gasteiger partial charge >= 0.3 is 5.97 Å². The Morgan fingerprint density at radius 1 is 1.38 bits per heavy atom. The number of carbonyl (C=O) groups is 2. The Labute approximate surface area is 77.6 Å². The zero-order valence-electron chi connectivity index (χ0n) is 7.84. The second kappa shape index (κ2) is 7.54. The molecule has 1 amide bonds. The van der Waals surface area contributed by atoms with Gasteiger partial charge in [0.2, 0.25) is 5.91 Å². The van der Waals surface area contributed by atoms with E-state index < -0.39 is 0 Å². The lowest BCUT2D eigenvalue weighted by Gasteiger charge is -2.02. The number of hydrogen-bond donors (Lipinski definition) is 2. The molecular formula is C8H16N2O3. The van der Waals surface area contributed by atoms with Crippen LogP contribution in [-0.2, 0) is 14.3 Å². The quantitative estimate of drug-likeness (QED) is 0.431. The predicted molar refractivity (Wildman–Crippen MR) is 47.9 cm³/mol. The van der Waals surface area contributed by atoms with E-state index in [9.17, 15) is 9.59 Å². The van der Waals surface area contributed by atoms with Crippen molar-refractivity contribution in [2.75, 3.05) is 20.2 Å². The first-order valence-electron chi connectivity index (χ1n) is 4.24. The number of unbranched alkanes of at least 4 members (excludes halogenated alkanes) is 1. The van der Waals surface area contributed by atoms with E-state index in [2.05, 4.69) is 10.1 Å². The van der Waals surface area contributed by atoms with Gasteiger partial charge in [0.25, 0.3) is 0 Å². The van der Waals surface area contributed by atoms with Crippen LogP contribution >= 0.6 is 0 Å². The molecule has 0 aliphatic rings. The van der Waals surface area contributed by atoms with Gasteiger partial charge in [-0.15, -0.1) is 0 Å². The third kappa shape index (κ3) is 7.27. The average molecular weight is 188 g/mol. The molecule has 5 nitrogen and oxygen atoms in total. The van der Waals surface area contributed by atoms with Gasteiger partial charge in [0.1, 0.15) is 0 Å². The fraction of sp³-hybridized carbons (Fsp3) is 0.750. The summed E-state index contributed by atoms with van der Waals surface area (Å²) in [7, 11) is 1.36. The molecule has 13 heavy (non-hydrogen) atoms. The van der Waals surface area contributed by atoms with E-state index in [1.54, 1.807) is 0 Å². The summed E-state index contributed by atoms with van der Waals surface area (Å²) >= 11 is 0. The monoisotopic (exact) mass is 188 g/mol. The highest BCUT2D eigenvalue weighted by Gasteiger charge is 1.99. The predicted octanol–water partition coefficient (Wildman–Crippen LogP) is -0.595. The normalized spacial score (nSPS) is 9.38. The van der Waals surface area contributed by atoms with Crippen molar-refractivity contribution >= 4 is 11.9 Å². The fourth-order valence-electron chi connectivity index (χ4n) is 0.796. The van der Waals surface area contributed by atoms with Gasteiger partial charge in [0, 0.05) is 13.0 Å². The van der Waals surface area contributed by atoms with Gasteiger partial charge in [-0.2, -0.15) is 0 Å². The molecular weight excluding hydrogens is 172 g/mol. The van der Waals surface area contributed by atoms with Crippen molar-refractivity contribution in [1.29, 1.82) is 0 Å². The molecule has 76 valence electrons. The number of esters is 1. The van der Waals surface area contributed by atoms with Gasteiger partial charge in [-0.05, 0) is 12.8 Å². The van der Waals surface area contributed by atoms with Gasteiger partial charge in [0.15, 0.2) is 0 Å². The molecule has 3 N–H and O–H groups in total. The first-order valence-corrected chi connectivity index (χ1v) is 4.24. The van der Waals surface area contributed by atoms with Crippen LogP contribution in [0.2, 0.25) is 0 Å². The molecule has 0 saturated heterocycles. The summed E-state index contributed by atoms with van der Waals surface area (Å²) < 4.78 is 4.45. The standard InChI is InChI=1S/C8H16N2O3/c1-13-8(12)4-2-3-5-10-7(11)6-9/h2-6,9H2,1H3,(H,10,11). The van der Waals surface area contributed by atoms with Crippen molar-refractivity contribution < 1.29 is 14.3 Å². The zero-order chi connectivity index (χ0) is 10.1. The minimum atomic E-state index is -0.217. The first-order chi connectivity index (χ1) is 6.20. The molecule has 0 aliphatic carbocycles. The molecule has 0 heterocycles. The molecule has 0 bridgehead atoms. The van der Waals surface area contributed by atoms with E-state index in [4.69, 9.17) is 5.73 Å². The smallest absolute Gasteiger partial charge is 0.305 e. The Bertz CT molecular complexity index is 153. The number of carbonyl (C=O) groups excluding carboxylic acids is 2. The summed E-state index contributed by atoms with van der Waals surface area (Å²) in [6.45, 7) is 0.573. The van der Waals surface area contributed by atoms with Crippen molar-refractivity contribution in [3.63, 3.8) is 0 Å². The third-order valence-electron chi connectivity index (χ3n) is 1.54. The number of hydrogen-bond acceptors (Lipinski definition) is 4. The third-order valence-corrected chi connectivity index (χ3v) is 1.54. The van der Waals surface area contributed by atoms with Crippen LogP contribution in [0.15, 0.2) is 0 Å². The maximum Gasteiger partial charge on any atom is 0.305 e. The zero-order valence-corrected chi connectivity index (χ0v) is 7.84. The van der Waals surface area contributed by atoms with Crippen LogP contribution in [0.25, 0.3) is 0 Å². The Balaban J connectivity index is 3.17. The van der Waals surface area contributed by atoms with Gasteiger partial charge < -0.3 is 15.8 Å². The number of amides is 1. The molecule has 0 aliphatic heterocycles. The van der Waals surface area contributed by atoms with Crippen molar-refractivity contribution in [2.24, 2.45) is 5.73 Å². The van der Waals surface area contributed by atoms with Crippen molar-refractivity contribution in [3.05, 3.63) is 0 Å². The lowest BCUT2D eigenvalue weighted by atomic mass is 10.2. The molecule has 0 aromatic heterocycles. The highest BCUT2D eigenvalue weighted by molar-refractivity contribution is 5.77. The molecule has 0 saturated carbocycles. The van der Waals surface area contributed by atoms with Crippen molar-refractivity contribution in [1.82, 2.24) is 5.32 Å². The highest BCUT2D eigenvalue weighted by atomic mass is 16.5. The van der Waals surface area contributed by atoms with Gasteiger partial charge in [0.05, 0.1) is 13.7 Å². The molecule has 0 unspecified atom stereocenters. The average Bonchev–Trinajstić information content (AvgIpc) is 2.16. The summed E-state index contributed by atoms with van der Waals surface area (Å²) in [5.74, 6) is -0.386. The maximum atomic E-state index is 10.6. The van der Waals surface area contributed by atoms with Crippen LogP contribution in [0.5, 0.6) is 0 Å². The Morgan fingerprint density at radius 2 is 2.08 bits per heavy atom. The molecule has 0 aromatic carbocycles. The van der Waals surface area contributed by atoms with Crippen molar-refractivity contribution in [2.45, 2.75) is 19.3 Å². The molecule has 5 heteroatoms. The second-order valence-corrected chi connectivity index (χ2v) is 2.59. The molecule has 0 aromatic rings. The largest absolute Gasteiger partial charge is 0.469 e. The molecule has 0 fully saturated rings. The second-order valence-electron chi connectivity index (χ2n) is 2.59. The molecule has 0 radical (unpaired) electrons. The van der Waals surface area contributed by atoms with Crippen LogP contribution in [0, 0.1) is 0 Å².